The summed E-state index contributed by atoms with van der Waals surface area (Å²) in [6, 6.07) is 3.18. The zero-order valence-corrected chi connectivity index (χ0v) is 17.2. The summed E-state index contributed by atoms with van der Waals surface area (Å²) in [4.78, 5) is 20.6. The van der Waals surface area contributed by atoms with Crippen molar-refractivity contribution in [2.45, 2.75) is 38.4 Å². The number of H-pyrrole nitrogens is 1. The second-order valence-corrected chi connectivity index (χ2v) is 7.78. The van der Waals surface area contributed by atoms with Crippen molar-refractivity contribution in [3.63, 3.8) is 0 Å². The molecular formula is C21H23F3N6O. The predicted molar refractivity (Wildman–Crippen MR) is 113 cm³/mol. The molecule has 1 aliphatic heterocycles. The average Bonchev–Trinajstić information content (AvgIpc) is 3.13. The standard InChI is InChI=1S/C21H23F3N6O/c1-13-10-25-18(27-15-11-26-29(2)12-15)9-16(13)14-7-19(28-20(31)8-14)30-6-4-3-5-17(30)21(22,23)24/h7-12,17H,3-6H2,1-2H3,(H,25,27)(H,28,31)/t17-/m1/s1. The van der Waals surface area contributed by atoms with Crippen LogP contribution in [0.5, 0.6) is 0 Å². The van der Waals surface area contributed by atoms with Crippen LogP contribution in [0, 0.1) is 6.92 Å². The number of nitrogens with zero attached hydrogens (tertiary/aromatic N) is 4. The van der Waals surface area contributed by atoms with E-state index in [1.807, 2.05) is 6.92 Å². The Hall–Kier alpha value is -3.30. The molecule has 0 unspecified atom stereocenters. The fourth-order valence-corrected chi connectivity index (χ4v) is 3.94. The molecule has 2 N–H and O–H groups in total. The van der Waals surface area contributed by atoms with E-state index in [4.69, 9.17) is 0 Å². The molecule has 1 saturated heterocycles. The minimum atomic E-state index is -4.36. The summed E-state index contributed by atoms with van der Waals surface area (Å²) < 4.78 is 42.4. The van der Waals surface area contributed by atoms with Gasteiger partial charge in [0.05, 0.1) is 11.9 Å². The molecule has 3 aromatic rings. The number of aryl methyl sites for hydroxylation is 2. The van der Waals surface area contributed by atoms with E-state index in [1.54, 1.807) is 42.5 Å². The van der Waals surface area contributed by atoms with E-state index in [2.05, 4.69) is 20.4 Å². The molecule has 31 heavy (non-hydrogen) atoms. The second-order valence-electron chi connectivity index (χ2n) is 7.78. The Kier molecular flexibility index (Phi) is 5.47. The maximum Gasteiger partial charge on any atom is 0.408 e. The highest BCUT2D eigenvalue weighted by Gasteiger charge is 2.45. The van der Waals surface area contributed by atoms with E-state index < -0.39 is 17.8 Å². The van der Waals surface area contributed by atoms with Gasteiger partial charge in [0.25, 0.3) is 0 Å². The number of piperidine rings is 1. The zero-order valence-electron chi connectivity index (χ0n) is 17.2. The third-order valence-electron chi connectivity index (χ3n) is 5.41. The average molecular weight is 432 g/mol. The normalized spacial score (nSPS) is 17.1. The van der Waals surface area contributed by atoms with Crippen LogP contribution >= 0.6 is 0 Å². The first-order valence-corrected chi connectivity index (χ1v) is 10.0. The molecule has 7 nitrogen and oxygen atoms in total. The van der Waals surface area contributed by atoms with Crippen LogP contribution < -0.4 is 15.8 Å². The van der Waals surface area contributed by atoms with Gasteiger partial charge in [-0.1, -0.05) is 0 Å². The van der Waals surface area contributed by atoms with E-state index in [1.165, 1.54) is 11.0 Å². The van der Waals surface area contributed by atoms with E-state index in [-0.39, 0.29) is 18.8 Å². The summed E-state index contributed by atoms with van der Waals surface area (Å²) in [6.07, 6.45) is 1.92. The molecule has 164 valence electrons. The highest BCUT2D eigenvalue weighted by Crippen LogP contribution is 2.35. The Morgan fingerprint density at radius 3 is 2.71 bits per heavy atom. The predicted octanol–water partition coefficient (Wildman–Crippen LogP) is 4.14. The smallest absolute Gasteiger partial charge is 0.346 e. The third kappa shape index (κ3) is 4.57. The lowest BCUT2D eigenvalue weighted by atomic mass is 10.00. The molecule has 4 rings (SSSR count). The molecule has 0 aromatic carbocycles. The number of rotatable bonds is 4. The van der Waals surface area contributed by atoms with Gasteiger partial charge in [-0.05, 0) is 55.0 Å². The zero-order chi connectivity index (χ0) is 22.2. The molecule has 1 fully saturated rings. The van der Waals surface area contributed by atoms with Gasteiger partial charge in [-0.3, -0.25) is 9.48 Å². The van der Waals surface area contributed by atoms with Crippen molar-refractivity contribution < 1.29 is 13.2 Å². The molecule has 0 aliphatic carbocycles. The molecule has 0 bridgehead atoms. The fourth-order valence-electron chi connectivity index (χ4n) is 3.94. The number of hydrogen-bond donors (Lipinski definition) is 2. The third-order valence-corrected chi connectivity index (χ3v) is 5.41. The second kappa shape index (κ2) is 8.09. The van der Waals surface area contributed by atoms with Crippen LogP contribution in [-0.4, -0.2) is 38.5 Å². The fraction of sp³-hybridized carbons (Fsp3) is 0.381. The lowest BCUT2D eigenvalue weighted by molar-refractivity contribution is -0.152. The summed E-state index contributed by atoms with van der Waals surface area (Å²) in [5.41, 5.74) is 2.36. The van der Waals surface area contributed by atoms with E-state index in [0.29, 0.717) is 29.8 Å². The van der Waals surface area contributed by atoms with E-state index in [0.717, 1.165) is 11.3 Å². The SMILES string of the molecule is Cc1cnc(Nc2cnn(C)c2)cc1-c1cc(N2CCCC[C@@H]2C(F)(F)F)[nH]c(=O)c1. The van der Waals surface area contributed by atoms with Crippen molar-refractivity contribution in [1.29, 1.82) is 0 Å². The van der Waals surface area contributed by atoms with Crippen molar-refractivity contribution in [3.8, 4) is 11.1 Å². The maximum absolute atomic E-state index is 13.6. The van der Waals surface area contributed by atoms with Crippen molar-refractivity contribution >= 4 is 17.3 Å². The molecule has 1 aliphatic rings. The highest BCUT2D eigenvalue weighted by atomic mass is 19.4. The van der Waals surface area contributed by atoms with Gasteiger partial charge >= 0.3 is 6.18 Å². The number of aromatic nitrogens is 4. The quantitative estimate of drug-likeness (QED) is 0.648. The van der Waals surface area contributed by atoms with Gasteiger partial charge in [0, 0.05) is 32.1 Å². The summed E-state index contributed by atoms with van der Waals surface area (Å²) in [6.45, 7) is 2.09. The van der Waals surface area contributed by atoms with Gasteiger partial charge in [-0.25, -0.2) is 4.98 Å². The summed E-state index contributed by atoms with van der Waals surface area (Å²) in [5, 5.41) is 7.24. The molecule has 4 heterocycles. The maximum atomic E-state index is 13.6. The number of alkyl halides is 3. The minimum Gasteiger partial charge on any atom is -0.346 e. The number of hydrogen-bond acceptors (Lipinski definition) is 5. The minimum absolute atomic E-state index is 0.0171. The van der Waals surface area contributed by atoms with Crippen molar-refractivity contribution in [2.75, 3.05) is 16.8 Å². The number of pyridine rings is 2. The molecule has 3 aromatic heterocycles. The van der Waals surface area contributed by atoms with Crippen molar-refractivity contribution in [2.24, 2.45) is 7.05 Å². The topological polar surface area (TPSA) is 78.8 Å². The van der Waals surface area contributed by atoms with Crippen LogP contribution in [0.15, 0.2) is 41.6 Å². The summed E-state index contributed by atoms with van der Waals surface area (Å²) in [7, 11) is 1.80. The van der Waals surface area contributed by atoms with Crippen molar-refractivity contribution in [3.05, 3.63) is 52.7 Å². The van der Waals surface area contributed by atoms with Crippen molar-refractivity contribution in [1.82, 2.24) is 19.7 Å². The Bertz CT molecular complexity index is 1140. The first-order chi connectivity index (χ1) is 14.7. The molecule has 0 amide bonds. The van der Waals surface area contributed by atoms with Crippen LogP contribution in [-0.2, 0) is 7.05 Å². The molecular weight excluding hydrogens is 409 g/mol. The lowest BCUT2D eigenvalue weighted by Gasteiger charge is -2.38. The lowest BCUT2D eigenvalue weighted by Crippen LogP contribution is -2.49. The first kappa shape index (κ1) is 21.0. The molecule has 10 heteroatoms. The van der Waals surface area contributed by atoms with Gasteiger partial charge in [0.15, 0.2) is 0 Å². The molecule has 0 saturated carbocycles. The van der Waals surface area contributed by atoms with Crippen LogP contribution in [0.2, 0.25) is 0 Å². The van der Waals surface area contributed by atoms with Gasteiger partial charge < -0.3 is 15.2 Å². The van der Waals surface area contributed by atoms with Gasteiger partial charge in [0.1, 0.15) is 17.7 Å². The van der Waals surface area contributed by atoms with Crippen LogP contribution in [0.25, 0.3) is 11.1 Å². The van der Waals surface area contributed by atoms with Crippen LogP contribution in [0.1, 0.15) is 24.8 Å². The number of aromatic amines is 1. The monoisotopic (exact) mass is 432 g/mol. The molecule has 0 spiro atoms. The Balaban J connectivity index is 1.71. The number of nitrogens with one attached hydrogen (secondary N) is 2. The highest BCUT2D eigenvalue weighted by molar-refractivity contribution is 5.73. The molecule has 1 atom stereocenters. The Morgan fingerprint density at radius 1 is 1.19 bits per heavy atom. The van der Waals surface area contributed by atoms with E-state index >= 15 is 0 Å². The van der Waals surface area contributed by atoms with Crippen LogP contribution in [0.4, 0.5) is 30.5 Å². The Morgan fingerprint density at radius 2 is 2.00 bits per heavy atom. The summed E-state index contributed by atoms with van der Waals surface area (Å²) >= 11 is 0. The van der Waals surface area contributed by atoms with Gasteiger partial charge in [-0.15, -0.1) is 0 Å². The van der Waals surface area contributed by atoms with Gasteiger partial charge in [0.2, 0.25) is 5.56 Å². The number of halogens is 3. The number of anilines is 3. The van der Waals surface area contributed by atoms with Crippen LogP contribution in [0.3, 0.4) is 0 Å². The Labute approximate surface area is 176 Å². The first-order valence-electron chi connectivity index (χ1n) is 10.0. The molecule has 0 radical (unpaired) electrons. The van der Waals surface area contributed by atoms with Gasteiger partial charge in [-0.2, -0.15) is 18.3 Å². The van der Waals surface area contributed by atoms with E-state index in [9.17, 15) is 18.0 Å². The largest absolute Gasteiger partial charge is 0.408 e. The summed E-state index contributed by atoms with van der Waals surface area (Å²) in [5.74, 6) is 0.726.